The Morgan fingerprint density at radius 3 is 2.69 bits per heavy atom. The number of rotatable bonds is 6. The first-order valence-corrected chi connectivity index (χ1v) is 12.8. The summed E-state index contributed by atoms with van der Waals surface area (Å²) in [6.07, 6.45) is 6.31. The molecule has 0 atom stereocenters. The van der Waals surface area contributed by atoms with Crippen LogP contribution < -0.4 is 10.8 Å². The first-order chi connectivity index (χ1) is 16.8. The van der Waals surface area contributed by atoms with E-state index in [1.165, 1.54) is 22.5 Å². The van der Waals surface area contributed by atoms with Crippen LogP contribution in [0.3, 0.4) is 0 Å². The quantitative estimate of drug-likeness (QED) is 0.418. The number of nitrogens with one attached hydrogen (secondary N) is 1. The number of aryl methyl sites for hydroxylation is 1. The van der Waals surface area contributed by atoms with Gasteiger partial charge in [0.05, 0.1) is 4.90 Å². The fourth-order valence-electron chi connectivity index (χ4n) is 4.35. The SMILES string of the molecule is [B]c1cnn2c(NCc3cccnc3)cc(C3CCN(S(=O)(=O)c4ccc(F)c(C)c4)CC3)nc12. The van der Waals surface area contributed by atoms with Crippen molar-refractivity contribution in [2.75, 3.05) is 18.4 Å². The number of sulfonamides is 1. The predicted molar refractivity (Wildman–Crippen MR) is 132 cm³/mol. The van der Waals surface area contributed by atoms with Crippen molar-refractivity contribution in [3.63, 3.8) is 0 Å². The molecule has 1 fully saturated rings. The number of fused-ring (bicyclic) bond motifs is 1. The maximum atomic E-state index is 13.6. The fraction of sp³-hybridized carbons (Fsp3) is 0.292. The molecule has 0 saturated carbocycles. The van der Waals surface area contributed by atoms with Crippen molar-refractivity contribution in [1.29, 1.82) is 0 Å². The highest BCUT2D eigenvalue weighted by molar-refractivity contribution is 7.89. The summed E-state index contributed by atoms with van der Waals surface area (Å²) in [5, 5.41) is 7.73. The molecule has 8 nitrogen and oxygen atoms in total. The Labute approximate surface area is 204 Å². The lowest BCUT2D eigenvalue weighted by Crippen LogP contribution is -2.38. The van der Waals surface area contributed by atoms with Gasteiger partial charge in [-0.25, -0.2) is 17.8 Å². The lowest BCUT2D eigenvalue weighted by molar-refractivity contribution is 0.317. The summed E-state index contributed by atoms with van der Waals surface area (Å²) in [4.78, 5) is 9.01. The van der Waals surface area contributed by atoms with Crippen LogP contribution in [-0.2, 0) is 16.6 Å². The van der Waals surface area contributed by atoms with Crippen LogP contribution in [0.5, 0.6) is 0 Å². The Hall–Kier alpha value is -3.31. The maximum absolute atomic E-state index is 13.6. The molecule has 1 aliphatic rings. The molecule has 3 aromatic heterocycles. The van der Waals surface area contributed by atoms with Gasteiger partial charge in [-0.15, -0.1) is 0 Å². The average Bonchev–Trinajstić information content (AvgIpc) is 3.25. The highest BCUT2D eigenvalue weighted by Crippen LogP contribution is 2.31. The Morgan fingerprint density at radius 1 is 1.17 bits per heavy atom. The van der Waals surface area contributed by atoms with E-state index in [4.69, 9.17) is 12.8 Å². The molecule has 1 N–H and O–H groups in total. The van der Waals surface area contributed by atoms with Gasteiger partial charge in [-0.3, -0.25) is 4.98 Å². The number of halogens is 1. The van der Waals surface area contributed by atoms with Crippen LogP contribution >= 0.6 is 0 Å². The summed E-state index contributed by atoms with van der Waals surface area (Å²) in [7, 11) is 2.43. The van der Waals surface area contributed by atoms with Crippen LogP contribution in [0.25, 0.3) is 5.65 Å². The van der Waals surface area contributed by atoms with Crippen molar-refractivity contribution in [2.24, 2.45) is 0 Å². The molecule has 2 radical (unpaired) electrons. The largest absolute Gasteiger partial charge is 0.366 e. The molecule has 0 amide bonds. The predicted octanol–water partition coefficient (Wildman–Crippen LogP) is 2.55. The van der Waals surface area contributed by atoms with E-state index in [0.29, 0.717) is 49.1 Å². The van der Waals surface area contributed by atoms with Crippen LogP contribution in [0.2, 0.25) is 0 Å². The molecular weight excluding hydrogens is 466 g/mol. The van der Waals surface area contributed by atoms with E-state index in [-0.39, 0.29) is 10.8 Å². The summed E-state index contributed by atoms with van der Waals surface area (Å²) in [6, 6.07) is 9.72. The van der Waals surface area contributed by atoms with Gasteiger partial charge in [0.15, 0.2) is 0 Å². The average molecular weight is 490 g/mol. The van der Waals surface area contributed by atoms with E-state index in [1.807, 2.05) is 18.2 Å². The summed E-state index contributed by atoms with van der Waals surface area (Å²) in [5.41, 5.74) is 3.21. The van der Waals surface area contributed by atoms with Crippen molar-refractivity contribution >= 4 is 34.8 Å². The standard InChI is InChI=1S/C24H24BFN6O2S/c1-16-11-19(4-5-21(16)26)35(33,34)31-9-6-18(7-10-31)22-12-23(28-14-17-3-2-8-27-13-17)32-24(30-22)20(25)15-29-32/h2-5,8,11-13,15,18,28H,6-7,9-10,14H2,1H3. The van der Waals surface area contributed by atoms with Gasteiger partial charge in [0.25, 0.3) is 0 Å². The Kier molecular flexibility index (Phi) is 6.29. The highest BCUT2D eigenvalue weighted by Gasteiger charge is 2.31. The molecule has 1 aromatic carbocycles. The van der Waals surface area contributed by atoms with Gasteiger partial charge < -0.3 is 5.32 Å². The zero-order valence-electron chi connectivity index (χ0n) is 19.2. The number of anilines is 1. The maximum Gasteiger partial charge on any atom is 0.243 e. The third-order valence-electron chi connectivity index (χ3n) is 6.35. The molecule has 0 spiro atoms. The zero-order valence-corrected chi connectivity index (χ0v) is 20.0. The van der Waals surface area contributed by atoms with Gasteiger partial charge in [0.1, 0.15) is 25.1 Å². The number of hydrogen-bond donors (Lipinski definition) is 1. The second-order valence-corrected chi connectivity index (χ2v) is 10.6. The minimum atomic E-state index is -3.69. The third kappa shape index (κ3) is 4.65. The fourth-order valence-corrected chi connectivity index (χ4v) is 5.90. The minimum Gasteiger partial charge on any atom is -0.366 e. The van der Waals surface area contributed by atoms with Gasteiger partial charge in [-0.2, -0.15) is 13.9 Å². The lowest BCUT2D eigenvalue weighted by Gasteiger charge is -2.31. The van der Waals surface area contributed by atoms with E-state index in [1.54, 1.807) is 30.0 Å². The molecular formula is C24H24BFN6O2S. The first-order valence-electron chi connectivity index (χ1n) is 11.4. The van der Waals surface area contributed by atoms with Crippen LogP contribution in [0.4, 0.5) is 10.2 Å². The van der Waals surface area contributed by atoms with Gasteiger partial charge in [0.2, 0.25) is 10.0 Å². The van der Waals surface area contributed by atoms with E-state index in [2.05, 4.69) is 15.4 Å². The molecule has 35 heavy (non-hydrogen) atoms. The second kappa shape index (κ2) is 9.39. The Balaban J connectivity index is 1.36. The molecule has 11 heteroatoms. The smallest absolute Gasteiger partial charge is 0.243 e. The summed E-state index contributed by atoms with van der Waals surface area (Å²) in [5.74, 6) is 0.397. The molecule has 0 bridgehead atoms. The molecule has 4 heterocycles. The monoisotopic (exact) mass is 490 g/mol. The van der Waals surface area contributed by atoms with Crippen molar-refractivity contribution in [1.82, 2.24) is 23.9 Å². The van der Waals surface area contributed by atoms with Crippen LogP contribution in [0.1, 0.15) is 35.6 Å². The van der Waals surface area contributed by atoms with E-state index in [0.717, 1.165) is 17.1 Å². The van der Waals surface area contributed by atoms with Crippen LogP contribution in [0.15, 0.2) is 59.9 Å². The van der Waals surface area contributed by atoms with Crippen LogP contribution in [-0.4, -0.2) is 53.2 Å². The van der Waals surface area contributed by atoms with Crippen molar-refractivity contribution in [3.8, 4) is 0 Å². The van der Waals surface area contributed by atoms with Gasteiger partial charge in [0, 0.05) is 55.9 Å². The number of aromatic nitrogens is 4. The molecule has 0 aliphatic carbocycles. The van der Waals surface area contributed by atoms with E-state index >= 15 is 0 Å². The number of pyridine rings is 1. The number of piperidine rings is 1. The van der Waals surface area contributed by atoms with Gasteiger partial charge in [-0.1, -0.05) is 6.07 Å². The summed E-state index contributed by atoms with van der Waals surface area (Å²) in [6.45, 7) is 2.82. The summed E-state index contributed by atoms with van der Waals surface area (Å²) < 4.78 is 43.0. The topological polar surface area (TPSA) is 92.5 Å². The second-order valence-electron chi connectivity index (χ2n) is 8.71. The molecule has 4 aromatic rings. The number of benzene rings is 1. The number of hydrogen-bond acceptors (Lipinski definition) is 6. The first kappa shape index (κ1) is 23.4. The number of nitrogens with zero attached hydrogens (tertiary/aromatic N) is 5. The van der Waals surface area contributed by atoms with E-state index in [9.17, 15) is 12.8 Å². The zero-order chi connectivity index (χ0) is 24.6. The van der Waals surface area contributed by atoms with E-state index < -0.39 is 15.8 Å². The molecule has 0 unspecified atom stereocenters. The van der Waals surface area contributed by atoms with Gasteiger partial charge in [-0.05, 0) is 60.6 Å². The van der Waals surface area contributed by atoms with Crippen molar-refractivity contribution in [3.05, 3.63) is 77.6 Å². The Morgan fingerprint density at radius 2 is 1.97 bits per heavy atom. The highest BCUT2D eigenvalue weighted by atomic mass is 32.2. The summed E-state index contributed by atoms with van der Waals surface area (Å²) >= 11 is 0. The molecule has 1 aliphatic heterocycles. The van der Waals surface area contributed by atoms with Gasteiger partial charge >= 0.3 is 0 Å². The minimum absolute atomic E-state index is 0.0645. The molecule has 178 valence electrons. The van der Waals surface area contributed by atoms with Crippen molar-refractivity contribution < 1.29 is 12.8 Å². The lowest BCUT2D eigenvalue weighted by atomic mass is 9.94. The third-order valence-corrected chi connectivity index (χ3v) is 8.25. The van der Waals surface area contributed by atoms with Crippen molar-refractivity contribution in [2.45, 2.75) is 37.1 Å². The molecule has 1 saturated heterocycles. The normalized spacial score (nSPS) is 15.5. The van der Waals surface area contributed by atoms with Crippen LogP contribution in [0, 0.1) is 12.7 Å². The molecule has 5 rings (SSSR count). The Bertz CT molecular complexity index is 1470.